The molecule has 2 aromatic carbocycles. The third kappa shape index (κ3) is 7.92. The van der Waals surface area contributed by atoms with Crippen molar-refractivity contribution in [2.45, 2.75) is 59.3 Å². The van der Waals surface area contributed by atoms with Crippen molar-refractivity contribution in [2.24, 2.45) is 11.8 Å². The molecule has 2 fully saturated rings. The van der Waals surface area contributed by atoms with Crippen molar-refractivity contribution in [1.29, 1.82) is 0 Å². The zero-order chi connectivity index (χ0) is 27.9. The standard InChI is InChI=1S/C32H42ClN3O3/c1-23-5-10-30(22-31(23)33)36(32(39)29-13-19-35(20-14-29)25(3)38)16-4-15-34-17-11-27(12-18-34)21-26-6-8-28(9-7-26)24(2)37/h5-10,22,27,29H,4,11-21H2,1-3H3. The maximum atomic E-state index is 13.7. The number of carbonyl (C=O) groups excluding carboxylic acids is 3. The third-order valence-electron chi connectivity index (χ3n) is 8.47. The summed E-state index contributed by atoms with van der Waals surface area (Å²) in [5.74, 6) is 0.934. The molecule has 39 heavy (non-hydrogen) atoms. The molecule has 7 heteroatoms. The predicted octanol–water partition coefficient (Wildman–Crippen LogP) is 5.79. The number of hydrogen-bond acceptors (Lipinski definition) is 4. The second kappa shape index (κ2) is 13.6. The lowest BCUT2D eigenvalue weighted by Gasteiger charge is -2.35. The van der Waals surface area contributed by atoms with E-state index in [0.717, 1.165) is 49.3 Å². The van der Waals surface area contributed by atoms with E-state index in [1.165, 1.54) is 18.4 Å². The molecule has 2 aliphatic heterocycles. The van der Waals surface area contributed by atoms with Crippen molar-refractivity contribution in [1.82, 2.24) is 9.80 Å². The van der Waals surface area contributed by atoms with E-state index in [-0.39, 0.29) is 23.5 Å². The highest BCUT2D eigenvalue weighted by atomic mass is 35.5. The van der Waals surface area contributed by atoms with Crippen molar-refractivity contribution in [3.05, 3.63) is 64.2 Å². The van der Waals surface area contributed by atoms with E-state index in [2.05, 4.69) is 17.0 Å². The minimum atomic E-state index is -0.0686. The summed E-state index contributed by atoms with van der Waals surface area (Å²) >= 11 is 6.45. The van der Waals surface area contributed by atoms with Crippen LogP contribution in [-0.4, -0.2) is 66.7 Å². The van der Waals surface area contributed by atoms with Crippen LogP contribution in [0.5, 0.6) is 0 Å². The molecular weight excluding hydrogens is 510 g/mol. The van der Waals surface area contributed by atoms with Gasteiger partial charge in [-0.1, -0.05) is 41.9 Å². The summed E-state index contributed by atoms with van der Waals surface area (Å²) in [6.07, 6.45) is 5.71. The lowest BCUT2D eigenvalue weighted by molar-refractivity contribution is -0.133. The smallest absolute Gasteiger partial charge is 0.230 e. The van der Waals surface area contributed by atoms with Crippen molar-refractivity contribution >= 4 is 34.9 Å². The van der Waals surface area contributed by atoms with Gasteiger partial charge in [-0.3, -0.25) is 14.4 Å². The summed E-state index contributed by atoms with van der Waals surface area (Å²) in [7, 11) is 0. The fraction of sp³-hybridized carbons (Fsp3) is 0.531. The van der Waals surface area contributed by atoms with Crippen LogP contribution in [0.2, 0.25) is 5.02 Å². The second-order valence-electron chi connectivity index (χ2n) is 11.3. The lowest BCUT2D eigenvalue weighted by atomic mass is 9.89. The molecule has 0 radical (unpaired) electrons. The Kier molecular flexibility index (Phi) is 10.2. The molecule has 0 atom stereocenters. The van der Waals surface area contributed by atoms with E-state index in [1.807, 2.05) is 47.1 Å². The molecule has 6 nitrogen and oxygen atoms in total. The largest absolute Gasteiger partial charge is 0.343 e. The molecule has 2 amide bonds. The molecule has 0 spiro atoms. The minimum absolute atomic E-state index is 0.0686. The summed E-state index contributed by atoms with van der Waals surface area (Å²) in [5.41, 5.74) is 3.94. The monoisotopic (exact) mass is 551 g/mol. The molecule has 2 saturated heterocycles. The topological polar surface area (TPSA) is 60.9 Å². The molecule has 2 aromatic rings. The Morgan fingerprint density at radius 3 is 2.18 bits per heavy atom. The molecule has 2 aliphatic rings. The average Bonchev–Trinajstić information content (AvgIpc) is 2.93. The fourth-order valence-electron chi connectivity index (χ4n) is 5.85. The number of nitrogens with zero attached hydrogens (tertiary/aromatic N) is 3. The average molecular weight is 552 g/mol. The Morgan fingerprint density at radius 2 is 1.59 bits per heavy atom. The normalized spacial score (nSPS) is 17.3. The van der Waals surface area contributed by atoms with Gasteiger partial charge in [0, 0.05) is 48.7 Å². The van der Waals surface area contributed by atoms with E-state index >= 15 is 0 Å². The number of aryl methyl sites for hydroxylation is 1. The molecular formula is C32H42ClN3O3. The number of ketones is 1. The Labute approximate surface area is 238 Å². The van der Waals surface area contributed by atoms with Gasteiger partial charge in [0.1, 0.15) is 0 Å². The predicted molar refractivity (Wildman–Crippen MR) is 157 cm³/mol. The van der Waals surface area contributed by atoms with Crippen molar-refractivity contribution in [3.8, 4) is 0 Å². The number of carbonyl (C=O) groups is 3. The number of anilines is 1. The first kappa shape index (κ1) is 29.3. The molecule has 0 unspecified atom stereocenters. The molecule has 0 N–H and O–H groups in total. The van der Waals surface area contributed by atoms with Gasteiger partial charge in [-0.05, 0) is 101 Å². The second-order valence-corrected chi connectivity index (χ2v) is 11.7. The van der Waals surface area contributed by atoms with Gasteiger partial charge < -0.3 is 14.7 Å². The maximum absolute atomic E-state index is 13.7. The summed E-state index contributed by atoms with van der Waals surface area (Å²) in [6.45, 7) is 10.2. The van der Waals surface area contributed by atoms with Gasteiger partial charge in [0.05, 0.1) is 0 Å². The van der Waals surface area contributed by atoms with Crippen LogP contribution in [-0.2, 0) is 16.0 Å². The van der Waals surface area contributed by atoms with Crippen LogP contribution in [0.15, 0.2) is 42.5 Å². The summed E-state index contributed by atoms with van der Waals surface area (Å²) in [6, 6.07) is 14.0. The Hall–Kier alpha value is -2.70. The Morgan fingerprint density at radius 1 is 0.923 bits per heavy atom. The molecule has 4 rings (SSSR count). The highest BCUT2D eigenvalue weighted by molar-refractivity contribution is 6.31. The molecule has 2 heterocycles. The zero-order valence-corrected chi connectivity index (χ0v) is 24.4. The number of hydrogen-bond donors (Lipinski definition) is 0. The maximum Gasteiger partial charge on any atom is 0.230 e. The van der Waals surface area contributed by atoms with Crippen LogP contribution >= 0.6 is 11.6 Å². The molecule has 0 aromatic heterocycles. The molecule has 0 aliphatic carbocycles. The van der Waals surface area contributed by atoms with Crippen molar-refractivity contribution in [3.63, 3.8) is 0 Å². The fourth-order valence-corrected chi connectivity index (χ4v) is 6.03. The van der Waals surface area contributed by atoms with E-state index < -0.39 is 0 Å². The summed E-state index contributed by atoms with van der Waals surface area (Å²) in [5, 5.41) is 0.676. The summed E-state index contributed by atoms with van der Waals surface area (Å²) < 4.78 is 0. The van der Waals surface area contributed by atoms with Crippen LogP contribution in [0.1, 0.15) is 67.4 Å². The SMILES string of the molecule is CC(=O)c1ccc(CC2CCN(CCCN(C(=O)C3CCN(C(C)=O)CC3)c3ccc(C)c(Cl)c3)CC2)cc1. The number of halogens is 1. The first-order chi connectivity index (χ1) is 18.7. The number of rotatable bonds is 9. The minimum Gasteiger partial charge on any atom is -0.343 e. The van der Waals surface area contributed by atoms with E-state index in [4.69, 9.17) is 11.6 Å². The molecule has 210 valence electrons. The number of benzene rings is 2. The quantitative estimate of drug-likeness (QED) is 0.370. The van der Waals surface area contributed by atoms with Gasteiger partial charge in [-0.25, -0.2) is 0 Å². The van der Waals surface area contributed by atoms with Gasteiger partial charge in [0.15, 0.2) is 5.78 Å². The van der Waals surface area contributed by atoms with Gasteiger partial charge in [-0.2, -0.15) is 0 Å². The third-order valence-corrected chi connectivity index (χ3v) is 8.88. The van der Waals surface area contributed by atoms with Crippen LogP contribution in [0.3, 0.4) is 0 Å². The lowest BCUT2D eigenvalue weighted by Crippen LogP contribution is -2.45. The number of amides is 2. The van der Waals surface area contributed by atoms with Gasteiger partial charge in [0.25, 0.3) is 0 Å². The Balaban J connectivity index is 1.29. The van der Waals surface area contributed by atoms with Gasteiger partial charge in [-0.15, -0.1) is 0 Å². The van der Waals surface area contributed by atoms with Crippen LogP contribution in [0.4, 0.5) is 5.69 Å². The summed E-state index contributed by atoms with van der Waals surface area (Å²) in [4.78, 5) is 43.2. The van der Waals surface area contributed by atoms with E-state index in [0.29, 0.717) is 43.4 Å². The molecule has 0 saturated carbocycles. The first-order valence-electron chi connectivity index (χ1n) is 14.4. The number of piperidine rings is 2. The highest BCUT2D eigenvalue weighted by Crippen LogP contribution is 2.28. The van der Waals surface area contributed by atoms with Crippen molar-refractivity contribution in [2.75, 3.05) is 44.2 Å². The number of Topliss-reactive ketones (excluding diaryl/α,β-unsaturated/α-hetero) is 1. The van der Waals surface area contributed by atoms with Crippen molar-refractivity contribution < 1.29 is 14.4 Å². The Bertz CT molecular complexity index is 1150. The van der Waals surface area contributed by atoms with E-state index in [9.17, 15) is 14.4 Å². The molecule has 0 bridgehead atoms. The van der Waals surface area contributed by atoms with Gasteiger partial charge >= 0.3 is 0 Å². The van der Waals surface area contributed by atoms with Gasteiger partial charge in [0.2, 0.25) is 11.8 Å². The zero-order valence-electron chi connectivity index (χ0n) is 23.6. The first-order valence-corrected chi connectivity index (χ1v) is 14.7. The number of likely N-dealkylation sites (tertiary alicyclic amines) is 2. The van der Waals surface area contributed by atoms with E-state index in [1.54, 1.807) is 13.8 Å². The van der Waals surface area contributed by atoms with Crippen LogP contribution < -0.4 is 4.90 Å². The van der Waals surface area contributed by atoms with Crippen LogP contribution in [0, 0.1) is 18.8 Å². The van der Waals surface area contributed by atoms with Crippen LogP contribution in [0.25, 0.3) is 0 Å². The highest BCUT2D eigenvalue weighted by Gasteiger charge is 2.30.